The lowest BCUT2D eigenvalue weighted by molar-refractivity contribution is -0.152. The van der Waals surface area contributed by atoms with E-state index in [0.717, 1.165) is 22.3 Å². The van der Waals surface area contributed by atoms with Crippen molar-refractivity contribution in [3.63, 3.8) is 0 Å². The fourth-order valence-corrected chi connectivity index (χ4v) is 3.92. The Bertz CT molecular complexity index is 732. The van der Waals surface area contributed by atoms with Gasteiger partial charge in [0.2, 0.25) is 5.91 Å². The number of amides is 1. The van der Waals surface area contributed by atoms with Crippen molar-refractivity contribution in [2.75, 3.05) is 13.1 Å². The van der Waals surface area contributed by atoms with Crippen LogP contribution in [0.1, 0.15) is 42.0 Å². The molecule has 0 aromatic heterocycles. The lowest BCUT2D eigenvalue weighted by Crippen LogP contribution is -2.47. The van der Waals surface area contributed by atoms with E-state index < -0.39 is 11.6 Å². The lowest BCUT2D eigenvalue weighted by atomic mass is 9.86. The summed E-state index contributed by atoms with van der Waals surface area (Å²) >= 11 is 0. The molecular weight excluding hydrogens is 306 g/mol. The molecule has 2 heterocycles. The number of benzene rings is 1. The van der Waals surface area contributed by atoms with Gasteiger partial charge >= 0.3 is 5.97 Å². The number of esters is 1. The number of hydrogen-bond acceptors (Lipinski definition) is 4. The molecule has 1 aromatic carbocycles. The molecule has 1 aromatic rings. The highest BCUT2D eigenvalue weighted by atomic mass is 16.6. The highest BCUT2D eigenvalue weighted by Gasteiger charge is 2.50. The van der Waals surface area contributed by atoms with Crippen molar-refractivity contribution in [2.45, 2.75) is 46.1 Å². The van der Waals surface area contributed by atoms with E-state index in [1.807, 2.05) is 32.9 Å². The van der Waals surface area contributed by atoms with Gasteiger partial charge in [0.25, 0.3) is 0 Å². The van der Waals surface area contributed by atoms with Gasteiger partial charge in [0, 0.05) is 32.9 Å². The summed E-state index contributed by atoms with van der Waals surface area (Å²) < 4.78 is 5.64. The van der Waals surface area contributed by atoms with Gasteiger partial charge in [-0.15, -0.1) is 0 Å². The molecule has 0 saturated carbocycles. The van der Waals surface area contributed by atoms with Crippen molar-refractivity contribution in [3.05, 3.63) is 40.1 Å². The van der Waals surface area contributed by atoms with Crippen LogP contribution in [0, 0.1) is 20.8 Å². The molecule has 128 valence electrons. The van der Waals surface area contributed by atoms with Crippen molar-refractivity contribution in [3.8, 4) is 0 Å². The number of aliphatic hydroxyl groups excluding tert-OH is 1. The first-order valence-electron chi connectivity index (χ1n) is 8.26. The van der Waals surface area contributed by atoms with Crippen LogP contribution in [0.3, 0.4) is 0 Å². The van der Waals surface area contributed by atoms with Crippen molar-refractivity contribution >= 4 is 17.4 Å². The Morgan fingerprint density at radius 3 is 2.21 bits per heavy atom. The molecule has 1 amide bonds. The van der Waals surface area contributed by atoms with Crippen LogP contribution in [0.5, 0.6) is 0 Å². The maximum atomic E-state index is 12.5. The van der Waals surface area contributed by atoms with Crippen LogP contribution < -0.4 is 0 Å². The molecule has 2 aliphatic heterocycles. The quantitative estimate of drug-likeness (QED) is 0.805. The molecule has 0 bridgehead atoms. The molecule has 0 atom stereocenters. The highest BCUT2D eigenvalue weighted by Crippen LogP contribution is 2.44. The summed E-state index contributed by atoms with van der Waals surface area (Å²) in [4.78, 5) is 25.8. The molecule has 3 rings (SSSR count). The Kier molecular flexibility index (Phi) is 3.90. The van der Waals surface area contributed by atoms with E-state index in [1.54, 1.807) is 4.90 Å². The summed E-state index contributed by atoms with van der Waals surface area (Å²) in [7, 11) is 0. The fraction of sp³-hybridized carbons (Fsp3) is 0.474. The minimum Gasteiger partial charge on any atom is -0.507 e. The van der Waals surface area contributed by atoms with Crippen molar-refractivity contribution < 1.29 is 19.4 Å². The summed E-state index contributed by atoms with van der Waals surface area (Å²) in [6.07, 6.45) is 0.856. The molecular formula is C19H23NO4. The van der Waals surface area contributed by atoms with E-state index in [4.69, 9.17) is 4.74 Å². The fourth-order valence-electron chi connectivity index (χ4n) is 3.92. The highest BCUT2D eigenvalue weighted by molar-refractivity contribution is 6.20. The Labute approximate surface area is 141 Å². The third-order valence-corrected chi connectivity index (χ3v) is 5.10. The zero-order chi connectivity index (χ0) is 17.6. The van der Waals surface area contributed by atoms with Crippen LogP contribution in [0.2, 0.25) is 0 Å². The molecule has 5 heteroatoms. The Morgan fingerprint density at radius 2 is 1.71 bits per heavy atom. The van der Waals surface area contributed by atoms with Crippen LogP contribution in [0.25, 0.3) is 5.57 Å². The molecule has 2 aliphatic rings. The van der Waals surface area contributed by atoms with Crippen LogP contribution in [-0.2, 0) is 14.3 Å². The average Bonchev–Trinajstić information content (AvgIpc) is 2.71. The number of carbonyl (C=O) groups excluding carboxylic acids is 2. The van der Waals surface area contributed by atoms with Crippen LogP contribution in [-0.4, -0.2) is 40.6 Å². The topological polar surface area (TPSA) is 66.8 Å². The first kappa shape index (κ1) is 16.6. The Hall–Kier alpha value is -2.30. The van der Waals surface area contributed by atoms with Crippen LogP contribution in [0.15, 0.2) is 17.9 Å². The van der Waals surface area contributed by atoms with Gasteiger partial charge in [0.05, 0.1) is 0 Å². The molecule has 1 fully saturated rings. The van der Waals surface area contributed by atoms with Gasteiger partial charge in [0.15, 0.2) is 11.4 Å². The smallest absolute Gasteiger partial charge is 0.343 e. The predicted molar refractivity (Wildman–Crippen MR) is 90.5 cm³/mol. The summed E-state index contributed by atoms with van der Waals surface area (Å²) in [6, 6.07) is 4.00. The summed E-state index contributed by atoms with van der Waals surface area (Å²) in [5.41, 5.74) is 3.07. The van der Waals surface area contributed by atoms with Crippen molar-refractivity contribution in [1.82, 2.24) is 4.90 Å². The molecule has 1 spiro atoms. The molecule has 1 N–H and O–H groups in total. The standard InChI is InChI=1S/C19H23NO4/c1-11-9-12(2)15(13(3)10-11)16-17(22)19(24-18(16)23)5-7-20(8-6-19)14(4)21/h9-10,22H,5-8H2,1-4H3. The number of aryl methyl sites for hydroxylation is 3. The molecule has 24 heavy (non-hydrogen) atoms. The number of aliphatic hydroxyl groups is 1. The second-order valence-corrected chi connectivity index (χ2v) is 6.89. The molecule has 0 unspecified atom stereocenters. The van der Waals surface area contributed by atoms with Gasteiger partial charge in [-0.05, 0) is 37.5 Å². The number of ether oxygens (including phenoxy) is 1. The van der Waals surface area contributed by atoms with Crippen molar-refractivity contribution in [2.24, 2.45) is 0 Å². The average molecular weight is 329 g/mol. The van der Waals surface area contributed by atoms with Gasteiger partial charge in [-0.3, -0.25) is 4.79 Å². The van der Waals surface area contributed by atoms with E-state index >= 15 is 0 Å². The maximum Gasteiger partial charge on any atom is 0.343 e. The lowest BCUT2D eigenvalue weighted by Gasteiger charge is -2.37. The van der Waals surface area contributed by atoms with E-state index in [0.29, 0.717) is 25.9 Å². The number of carbonyl (C=O) groups is 2. The number of nitrogens with zero attached hydrogens (tertiary/aromatic N) is 1. The van der Waals surface area contributed by atoms with Gasteiger partial charge in [-0.1, -0.05) is 17.7 Å². The van der Waals surface area contributed by atoms with Gasteiger partial charge in [0.1, 0.15) is 5.57 Å². The van der Waals surface area contributed by atoms with E-state index in [-0.39, 0.29) is 17.2 Å². The Balaban J connectivity index is 2.02. The SMILES string of the molecule is CC(=O)N1CCC2(CC1)OC(=O)C(c1c(C)cc(C)cc1C)=C2O. The number of hydrogen-bond donors (Lipinski definition) is 1. The number of piperidine rings is 1. The third kappa shape index (κ3) is 2.48. The van der Waals surface area contributed by atoms with Crippen LogP contribution in [0.4, 0.5) is 0 Å². The van der Waals surface area contributed by atoms with Gasteiger partial charge in [-0.25, -0.2) is 4.79 Å². The first-order valence-corrected chi connectivity index (χ1v) is 8.26. The van der Waals surface area contributed by atoms with Gasteiger partial charge < -0.3 is 14.7 Å². The van der Waals surface area contributed by atoms with Gasteiger partial charge in [-0.2, -0.15) is 0 Å². The number of rotatable bonds is 1. The third-order valence-electron chi connectivity index (χ3n) is 5.10. The van der Waals surface area contributed by atoms with E-state index in [1.165, 1.54) is 6.92 Å². The Morgan fingerprint density at radius 1 is 1.17 bits per heavy atom. The first-order chi connectivity index (χ1) is 11.2. The van der Waals surface area contributed by atoms with Crippen LogP contribution >= 0.6 is 0 Å². The van der Waals surface area contributed by atoms with Crippen molar-refractivity contribution in [1.29, 1.82) is 0 Å². The van der Waals surface area contributed by atoms with E-state index in [2.05, 4.69) is 0 Å². The number of likely N-dealkylation sites (tertiary alicyclic amines) is 1. The zero-order valence-electron chi connectivity index (χ0n) is 14.6. The molecule has 0 aliphatic carbocycles. The monoisotopic (exact) mass is 329 g/mol. The largest absolute Gasteiger partial charge is 0.507 e. The minimum atomic E-state index is -0.984. The predicted octanol–water partition coefficient (Wildman–Crippen LogP) is 2.82. The van der Waals surface area contributed by atoms with E-state index in [9.17, 15) is 14.7 Å². The second kappa shape index (κ2) is 5.65. The molecule has 1 saturated heterocycles. The normalized spacial score (nSPS) is 19.8. The second-order valence-electron chi connectivity index (χ2n) is 6.89. The summed E-state index contributed by atoms with van der Waals surface area (Å²) in [5, 5.41) is 10.9. The minimum absolute atomic E-state index is 0.00286. The molecule has 0 radical (unpaired) electrons. The molecule has 5 nitrogen and oxygen atoms in total. The summed E-state index contributed by atoms with van der Waals surface area (Å²) in [5.74, 6) is -0.451. The summed E-state index contributed by atoms with van der Waals surface area (Å²) in [6.45, 7) is 8.36. The zero-order valence-corrected chi connectivity index (χ0v) is 14.6. The maximum absolute atomic E-state index is 12.5.